The number of nitrogens with zero attached hydrogens (tertiary/aromatic N) is 4. The maximum absolute atomic E-state index is 12.5. The number of aromatic nitrogens is 2. The van der Waals surface area contributed by atoms with Crippen LogP contribution in [0.4, 0.5) is 0 Å². The zero-order chi connectivity index (χ0) is 16.1. The molecule has 0 unspecified atom stereocenters. The summed E-state index contributed by atoms with van der Waals surface area (Å²) in [4.78, 5) is 25.5. The molecule has 122 valence electrons. The fourth-order valence-corrected chi connectivity index (χ4v) is 3.36. The Morgan fingerprint density at radius 1 is 1.22 bits per heavy atom. The number of pyridine rings is 1. The highest BCUT2D eigenvalue weighted by atomic mass is 32.1. The average Bonchev–Trinajstić information content (AvgIpc) is 2.94. The quantitative estimate of drug-likeness (QED) is 0.862. The predicted octanol–water partition coefficient (Wildman–Crippen LogP) is 2.12. The summed E-state index contributed by atoms with van der Waals surface area (Å²) in [7, 11) is 0. The fraction of sp³-hybridized carbons (Fsp3) is 0.471. The molecule has 2 aromatic rings. The summed E-state index contributed by atoms with van der Waals surface area (Å²) in [5.41, 5.74) is 4.97. The standard InChI is InChI=1S/C17H22N4OS/c1-14-3-4-15(10-18-14)9-17(22)21-6-2-5-20(7-8-21)11-16-12-23-13-19-16/h3-4,10,12-13H,2,5-9,11H2,1H3. The highest BCUT2D eigenvalue weighted by Gasteiger charge is 2.19. The smallest absolute Gasteiger partial charge is 0.227 e. The summed E-state index contributed by atoms with van der Waals surface area (Å²) in [6.07, 6.45) is 3.26. The highest BCUT2D eigenvalue weighted by molar-refractivity contribution is 7.07. The first kappa shape index (κ1) is 16.1. The molecule has 0 bridgehead atoms. The van der Waals surface area contributed by atoms with E-state index in [9.17, 15) is 4.79 Å². The molecule has 1 aliphatic heterocycles. The van der Waals surface area contributed by atoms with Crippen LogP contribution < -0.4 is 0 Å². The van der Waals surface area contributed by atoms with Crippen molar-refractivity contribution in [2.24, 2.45) is 0 Å². The minimum absolute atomic E-state index is 0.200. The van der Waals surface area contributed by atoms with E-state index in [-0.39, 0.29) is 5.91 Å². The number of rotatable bonds is 4. The van der Waals surface area contributed by atoms with Crippen LogP contribution in [0.2, 0.25) is 0 Å². The first-order chi connectivity index (χ1) is 11.2. The summed E-state index contributed by atoms with van der Waals surface area (Å²) in [6, 6.07) is 3.95. The third kappa shape index (κ3) is 4.59. The minimum atomic E-state index is 0.200. The van der Waals surface area contributed by atoms with Crippen LogP contribution in [0, 0.1) is 6.92 Å². The molecular weight excluding hydrogens is 308 g/mol. The molecule has 5 nitrogen and oxygen atoms in total. The largest absolute Gasteiger partial charge is 0.341 e. The molecule has 0 aromatic carbocycles. The molecule has 1 saturated heterocycles. The van der Waals surface area contributed by atoms with Gasteiger partial charge in [0, 0.05) is 50.0 Å². The van der Waals surface area contributed by atoms with Crippen molar-refractivity contribution < 1.29 is 4.79 Å². The third-order valence-corrected chi connectivity index (χ3v) is 4.77. The number of hydrogen-bond acceptors (Lipinski definition) is 5. The normalized spacial score (nSPS) is 16.3. The summed E-state index contributed by atoms with van der Waals surface area (Å²) in [6.45, 7) is 6.40. The van der Waals surface area contributed by atoms with Crippen LogP contribution in [0.15, 0.2) is 29.2 Å². The van der Waals surface area contributed by atoms with Crippen LogP contribution in [0.5, 0.6) is 0 Å². The van der Waals surface area contributed by atoms with E-state index in [1.54, 1.807) is 17.5 Å². The highest BCUT2D eigenvalue weighted by Crippen LogP contribution is 2.11. The molecule has 0 aliphatic carbocycles. The number of hydrogen-bond donors (Lipinski definition) is 0. The molecule has 6 heteroatoms. The van der Waals surface area contributed by atoms with Gasteiger partial charge in [-0.15, -0.1) is 11.3 Å². The van der Waals surface area contributed by atoms with Gasteiger partial charge < -0.3 is 4.90 Å². The van der Waals surface area contributed by atoms with Crippen molar-refractivity contribution >= 4 is 17.2 Å². The third-order valence-electron chi connectivity index (χ3n) is 4.14. The van der Waals surface area contributed by atoms with E-state index in [0.717, 1.165) is 56.1 Å². The van der Waals surface area contributed by atoms with Gasteiger partial charge in [0.2, 0.25) is 5.91 Å². The minimum Gasteiger partial charge on any atom is -0.341 e. The Morgan fingerprint density at radius 2 is 2.13 bits per heavy atom. The van der Waals surface area contributed by atoms with E-state index in [0.29, 0.717) is 6.42 Å². The second-order valence-electron chi connectivity index (χ2n) is 5.97. The molecule has 1 aliphatic rings. The van der Waals surface area contributed by atoms with Gasteiger partial charge in [0.15, 0.2) is 0 Å². The maximum atomic E-state index is 12.5. The first-order valence-corrected chi connectivity index (χ1v) is 8.94. The summed E-state index contributed by atoms with van der Waals surface area (Å²) in [5, 5.41) is 2.10. The Kier molecular flexibility index (Phi) is 5.35. The fourth-order valence-electron chi connectivity index (χ4n) is 2.81. The molecule has 23 heavy (non-hydrogen) atoms. The van der Waals surface area contributed by atoms with Crippen LogP contribution >= 0.6 is 11.3 Å². The molecule has 0 radical (unpaired) electrons. The lowest BCUT2D eigenvalue weighted by molar-refractivity contribution is -0.130. The molecule has 0 saturated carbocycles. The molecule has 1 amide bonds. The van der Waals surface area contributed by atoms with Crippen LogP contribution in [0.3, 0.4) is 0 Å². The lowest BCUT2D eigenvalue weighted by Gasteiger charge is -2.21. The summed E-state index contributed by atoms with van der Waals surface area (Å²) < 4.78 is 0. The Bertz CT molecular complexity index is 627. The van der Waals surface area contributed by atoms with Crippen molar-refractivity contribution in [2.75, 3.05) is 26.2 Å². The van der Waals surface area contributed by atoms with Crippen molar-refractivity contribution in [2.45, 2.75) is 26.3 Å². The van der Waals surface area contributed by atoms with E-state index in [4.69, 9.17) is 0 Å². The SMILES string of the molecule is Cc1ccc(CC(=O)N2CCCN(Cc3cscn3)CC2)cn1. The lowest BCUT2D eigenvalue weighted by Crippen LogP contribution is -2.36. The number of amides is 1. The first-order valence-electron chi connectivity index (χ1n) is 7.99. The van der Waals surface area contributed by atoms with Crippen LogP contribution in [-0.2, 0) is 17.8 Å². The van der Waals surface area contributed by atoms with Gasteiger partial charge in [-0.25, -0.2) is 4.98 Å². The number of thiazole rings is 1. The van der Waals surface area contributed by atoms with E-state index >= 15 is 0 Å². The van der Waals surface area contributed by atoms with Crippen molar-refractivity contribution in [1.29, 1.82) is 0 Å². The predicted molar refractivity (Wildman–Crippen MR) is 91.3 cm³/mol. The molecule has 0 atom stereocenters. The zero-order valence-corrected chi connectivity index (χ0v) is 14.3. The topological polar surface area (TPSA) is 49.3 Å². The number of carbonyl (C=O) groups excluding carboxylic acids is 1. The van der Waals surface area contributed by atoms with Crippen molar-refractivity contribution in [3.8, 4) is 0 Å². The molecule has 1 fully saturated rings. The van der Waals surface area contributed by atoms with Gasteiger partial charge in [-0.1, -0.05) is 6.07 Å². The Balaban J connectivity index is 1.52. The second kappa shape index (κ2) is 7.66. The van der Waals surface area contributed by atoms with E-state index < -0.39 is 0 Å². The molecular formula is C17H22N4OS. The molecule has 2 aromatic heterocycles. The second-order valence-corrected chi connectivity index (χ2v) is 6.69. The van der Waals surface area contributed by atoms with Crippen molar-refractivity contribution in [1.82, 2.24) is 19.8 Å². The van der Waals surface area contributed by atoms with Crippen molar-refractivity contribution in [3.05, 3.63) is 46.2 Å². The molecule has 3 rings (SSSR count). The van der Waals surface area contributed by atoms with E-state index in [1.807, 2.05) is 29.5 Å². The summed E-state index contributed by atoms with van der Waals surface area (Å²) in [5.74, 6) is 0.200. The van der Waals surface area contributed by atoms with Gasteiger partial charge in [0.1, 0.15) is 0 Å². The average molecular weight is 330 g/mol. The van der Waals surface area contributed by atoms with Gasteiger partial charge in [-0.2, -0.15) is 0 Å². The zero-order valence-electron chi connectivity index (χ0n) is 13.4. The van der Waals surface area contributed by atoms with Crippen LogP contribution in [0.1, 0.15) is 23.4 Å². The van der Waals surface area contributed by atoms with E-state index in [2.05, 4.69) is 20.2 Å². The molecule has 3 heterocycles. The van der Waals surface area contributed by atoms with Gasteiger partial charge in [0.05, 0.1) is 17.6 Å². The Labute approximate surface area is 141 Å². The van der Waals surface area contributed by atoms with Crippen LogP contribution in [0.25, 0.3) is 0 Å². The molecule has 0 N–H and O–H groups in total. The number of aryl methyl sites for hydroxylation is 1. The lowest BCUT2D eigenvalue weighted by atomic mass is 10.2. The van der Waals surface area contributed by atoms with E-state index in [1.165, 1.54) is 0 Å². The van der Waals surface area contributed by atoms with Gasteiger partial charge in [-0.05, 0) is 25.0 Å². The molecule has 0 spiro atoms. The van der Waals surface area contributed by atoms with Crippen molar-refractivity contribution in [3.63, 3.8) is 0 Å². The maximum Gasteiger partial charge on any atom is 0.227 e. The number of carbonyl (C=O) groups is 1. The van der Waals surface area contributed by atoms with Gasteiger partial charge in [0.25, 0.3) is 0 Å². The monoisotopic (exact) mass is 330 g/mol. The van der Waals surface area contributed by atoms with Crippen LogP contribution in [-0.4, -0.2) is 51.9 Å². The van der Waals surface area contributed by atoms with Gasteiger partial charge in [-0.3, -0.25) is 14.7 Å². The Hall–Kier alpha value is -1.79. The van der Waals surface area contributed by atoms with Gasteiger partial charge >= 0.3 is 0 Å². The Morgan fingerprint density at radius 3 is 2.87 bits per heavy atom. The summed E-state index contributed by atoms with van der Waals surface area (Å²) >= 11 is 1.63.